The van der Waals surface area contributed by atoms with E-state index < -0.39 is 0 Å². The first-order valence-electron chi connectivity index (χ1n) is 5.19. The molecule has 1 heterocycles. The average Bonchev–Trinajstić information content (AvgIpc) is 2.40. The van der Waals surface area contributed by atoms with Gasteiger partial charge >= 0.3 is 0 Å². The summed E-state index contributed by atoms with van der Waals surface area (Å²) in [5.74, 6) is 2.00. The number of aromatic nitrogens is 1. The fourth-order valence-electron chi connectivity index (χ4n) is 1.40. The maximum Gasteiger partial charge on any atom is 0.151 e. The second-order valence-electron chi connectivity index (χ2n) is 3.42. The highest BCUT2D eigenvalue weighted by molar-refractivity contribution is 5.37. The molecule has 0 saturated carbocycles. The highest BCUT2D eigenvalue weighted by Crippen LogP contribution is 2.25. The number of ether oxygens (including phenoxy) is 2. The number of methoxy groups -OCH3 is 1. The zero-order valence-corrected chi connectivity index (χ0v) is 9.46. The number of rotatable bonds is 4. The van der Waals surface area contributed by atoms with Gasteiger partial charge in [-0.15, -0.1) is 0 Å². The average molecular weight is 231 g/mol. The molecule has 1 aromatic heterocycles. The number of aliphatic hydroxyl groups is 1. The largest absolute Gasteiger partial charge is 0.497 e. The van der Waals surface area contributed by atoms with E-state index in [2.05, 4.69) is 4.98 Å². The van der Waals surface area contributed by atoms with Gasteiger partial charge in [0.05, 0.1) is 19.9 Å². The lowest BCUT2D eigenvalue weighted by atomic mass is 10.2. The van der Waals surface area contributed by atoms with Gasteiger partial charge in [0, 0.05) is 11.8 Å². The predicted octanol–water partition coefficient (Wildman–Crippen LogP) is 2.37. The molecule has 0 aliphatic rings. The molecule has 0 aliphatic carbocycles. The molecule has 1 aromatic carbocycles. The molecule has 1 N–H and O–H groups in total. The van der Waals surface area contributed by atoms with Crippen molar-refractivity contribution in [3.8, 4) is 17.2 Å². The van der Waals surface area contributed by atoms with Crippen LogP contribution in [0.5, 0.6) is 17.2 Å². The maximum atomic E-state index is 9.15. The second kappa shape index (κ2) is 5.32. The molecule has 0 amide bonds. The van der Waals surface area contributed by atoms with E-state index in [1.165, 1.54) is 0 Å². The van der Waals surface area contributed by atoms with Crippen molar-refractivity contribution >= 4 is 0 Å². The van der Waals surface area contributed by atoms with Crippen molar-refractivity contribution in [1.29, 1.82) is 0 Å². The summed E-state index contributed by atoms with van der Waals surface area (Å²) in [5.41, 5.74) is 0.704. The van der Waals surface area contributed by atoms with Gasteiger partial charge in [0.25, 0.3) is 0 Å². The van der Waals surface area contributed by atoms with Gasteiger partial charge < -0.3 is 14.6 Å². The zero-order valence-electron chi connectivity index (χ0n) is 9.46. The van der Waals surface area contributed by atoms with Crippen LogP contribution in [0.3, 0.4) is 0 Å². The topological polar surface area (TPSA) is 51.6 Å². The van der Waals surface area contributed by atoms with Gasteiger partial charge in [0.1, 0.15) is 11.5 Å². The van der Waals surface area contributed by atoms with Crippen molar-refractivity contribution in [2.24, 2.45) is 0 Å². The SMILES string of the molecule is COc1ccc(Oc2cnccc2CO)cc1. The number of hydrogen-bond acceptors (Lipinski definition) is 4. The lowest BCUT2D eigenvalue weighted by molar-refractivity contribution is 0.276. The molecule has 2 rings (SSSR count). The molecule has 2 aromatic rings. The molecule has 4 heteroatoms. The molecule has 4 nitrogen and oxygen atoms in total. The first kappa shape index (κ1) is 11.4. The van der Waals surface area contributed by atoms with Crippen LogP contribution in [0.1, 0.15) is 5.56 Å². The van der Waals surface area contributed by atoms with Crippen LogP contribution in [0.4, 0.5) is 0 Å². The van der Waals surface area contributed by atoms with Crippen LogP contribution in [-0.4, -0.2) is 17.2 Å². The molecule has 88 valence electrons. The molecule has 0 unspecified atom stereocenters. The summed E-state index contributed by atoms with van der Waals surface area (Å²) in [5, 5.41) is 9.15. The maximum absolute atomic E-state index is 9.15. The Kier molecular flexibility index (Phi) is 3.57. The Morgan fingerprint density at radius 2 is 1.82 bits per heavy atom. The van der Waals surface area contributed by atoms with Crippen molar-refractivity contribution in [3.05, 3.63) is 48.3 Å². The van der Waals surface area contributed by atoms with E-state index >= 15 is 0 Å². The summed E-state index contributed by atoms with van der Waals surface area (Å²) in [6.45, 7) is -0.0754. The first-order chi connectivity index (χ1) is 8.33. The van der Waals surface area contributed by atoms with Crippen molar-refractivity contribution in [1.82, 2.24) is 4.98 Å². The summed E-state index contributed by atoms with van der Waals surface area (Å²) < 4.78 is 10.7. The molecule has 0 saturated heterocycles. The summed E-state index contributed by atoms with van der Waals surface area (Å²) in [7, 11) is 1.61. The quantitative estimate of drug-likeness (QED) is 0.877. The summed E-state index contributed by atoms with van der Waals surface area (Å²) in [6.07, 6.45) is 3.20. The molecule has 17 heavy (non-hydrogen) atoms. The Morgan fingerprint density at radius 3 is 2.47 bits per heavy atom. The van der Waals surface area contributed by atoms with Crippen molar-refractivity contribution < 1.29 is 14.6 Å². The fraction of sp³-hybridized carbons (Fsp3) is 0.154. The standard InChI is InChI=1S/C13H13NO3/c1-16-11-2-4-12(5-3-11)17-13-8-14-7-6-10(13)9-15/h2-8,15H,9H2,1H3. The van der Waals surface area contributed by atoms with E-state index in [-0.39, 0.29) is 6.61 Å². The van der Waals surface area contributed by atoms with E-state index in [1.54, 1.807) is 37.7 Å². The van der Waals surface area contributed by atoms with Crippen LogP contribution in [0.2, 0.25) is 0 Å². The van der Waals surface area contributed by atoms with E-state index in [0.29, 0.717) is 17.1 Å². The molecule has 0 atom stereocenters. The Balaban J connectivity index is 2.19. The van der Waals surface area contributed by atoms with Crippen molar-refractivity contribution in [2.45, 2.75) is 6.61 Å². The first-order valence-corrected chi connectivity index (χ1v) is 5.19. The third-order valence-electron chi connectivity index (χ3n) is 2.33. The normalized spacial score (nSPS) is 10.0. The van der Waals surface area contributed by atoms with Gasteiger partial charge in [0.15, 0.2) is 5.75 Å². The Labute approximate surface area is 99.5 Å². The minimum absolute atomic E-state index is 0.0754. The third-order valence-corrected chi connectivity index (χ3v) is 2.33. The minimum Gasteiger partial charge on any atom is -0.497 e. The van der Waals surface area contributed by atoms with E-state index in [0.717, 1.165) is 5.75 Å². The van der Waals surface area contributed by atoms with Gasteiger partial charge in [-0.25, -0.2) is 0 Å². The molecule has 0 fully saturated rings. The second-order valence-corrected chi connectivity index (χ2v) is 3.42. The van der Waals surface area contributed by atoms with Crippen LogP contribution in [-0.2, 0) is 6.61 Å². The summed E-state index contributed by atoms with van der Waals surface area (Å²) in [6, 6.07) is 8.94. The Morgan fingerprint density at radius 1 is 1.12 bits per heavy atom. The predicted molar refractivity (Wildman–Crippen MR) is 63.2 cm³/mol. The Hall–Kier alpha value is -2.07. The van der Waals surface area contributed by atoms with Crippen molar-refractivity contribution in [3.63, 3.8) is 0 Å². The van der Waals surface area contributed by atoms with Gasteiger partial charge in [-0.2, -0.15) is 0 Å². The van der Waals surface area contributed by atoms with Crippen LogP contribution in [0.25, 0.3) is 0 Å². The van der Waals surface area contributed by atoms with Crippen LogP contribution < -0.4 is 9.47 Å². The Bertz CT molecular complexity index is 482. The number of nitrogens with zero attached hydrogens (tertiary/aromatic N) is 1. The number of aliphatic hydroxyl groups excluding tert-OH is 1. The fourth-order valence-corrected chi connectivity index (χ4v) is 1.40. The molecule has 0 spiro atoms. The minimum atomic E-state index is -0.0754. The highest BCUT2D eigenvalue weighted by Gasteiger charge is 2.03. The number of pyridine rings is 1. The van der Waals surface area contributed by atoms with Crippen LogP contribution in [0.15, 0.2) is 42.7 Å². The molecule has 0 radical (unpaired) electrons. The van der Waals surface area contributed by atoms with Crippen molar-refractivity contribution in [2.75, 3.05) is 7.11 Å². The van der Waals surface area contributed by atoms with Crippen LogP contribution >= 0.6 is 0 Å². The highest BCUT2D eigenvalue weighted by atomic mass is 16.5. The summed E-state index contributed by atoms with van der Waals surface area (Å²) >= 11 is 0. The monoisotopic (exact) mass is 231 g/mol. The molecular formula is C13H13NO3. The smallest absolute Gasteiger partial charge is 0.151 e. The molecular weight excluding hydrogens is 218 g/mol. The van der Waals surface area contributed by atoms with Gasteiger partial charge in [-0.05, 0) is 30.3 Å². The number of hydrogen-bond donors (Lipinski definition) is 1. The zero-order chi connectivity index (χ0) is 12.1. The van der Waals surface area contributed by atoms with Crippen LogP contribution in [0, 0.1) is 0 Å². The van der Waals surface area contributed by atoms with Gasteiger partial charge in [-0.1, -0.05) is 0 Å². The third kappa shape index (κ3) is 2.73. The molecule has 0 bridgehead atoms. The lowest BCUT2D eigenvalue weighted by Crippen LogP contribution is -1.92. The number of benzene rings is 1. The van der Waals surface area contributed by atoms with Gasteiger partial charge in [-0.3, -0.25) is 4.98 Å². The van der Waals surface area contributed by atoms with Gasteiger partial charge in [0.2, 0.25) is 0 Å². The van der Waals surface area contributed by atoms with E-state index in [1.807, 2.05) is 12.1 Å². The lowest BCUT2D eigenvalue weighted by Gasteiger charge is -2.09. The van der Waals surface area contributed by atoms with E-state index in [4.69, 9.17) is 14.6 Å². The van der Waals surface area contributed by atoms with E-state index in [9.17, 15) is 0 Å². The summed E-state index contributed by atoms with van der Waals surface area (Å²) in [4.78, 5) is 3.96. The molecule has 0 aliphatic heterocycles.